The molecule has 0 saturated carbocycles. The Balaban J connectivity index is 1.76. The van der Waals surface area contributed by atoms with Crippen molar-refractivity contribution in [1.82, 2.24) is 14.7 Å². The smallest absolute Gasteiger partial charge is 0.261 e. The minimum Gasteiger partial charge on any atom is -0.351 e. The number of rotatable bonds is 3. The summed E-state index contributed by atoms with van der Waals surface area (Å²) in [6.07, 6.45) is 2.96. The highest BCUT2D eigenvalue weighted by atomic mass is 32.1. The van der Waals surface area contributed by atoms with Crippen LogP contribution in [0.15, 0.2) is 17.6 Å². The number of carbonyl (C=O) groups is 1. The highest BCUT2D eigenvalue weighted by Gasteiger charge is 2.16. The van der Waals surface area contributed by atoms with Crippen molar-refractivity contribution in [3.63, 3.8) is 0 Å². The van der Waals surface area contributed by atoms with E-state index < -0.39 is 0 Å². The predicted octanol–water partition coefficient (Wildman–Crippen LogP) is 3.78. The van der Waals surface area contributed by atoms with Crippen LogP contribution in [0.5, 0.6) is 0 Å². The minimum atomic E-state index is 0.00114. The zero-order valence-corrected chi connectivity index (χ0v) is 13.4. The van der Waals surface area contributed by atoms with E-state index >= 15 is 0 Å². The fourth-order valence-electron chi connectivity index (χ4n) is 2.00. The van der Waals surface area contributed by atoms with E-state index in [1.807, 2.05) is 22.0 Å². The van der Waals surface area contributed by atoms with Crippen LogP contribution in [0, 0.1) is 5.41 Å². The molecule has 3 rings (SSSR count). The van der Waals surface area contributed by atoms with Gasteiger partial charge >= 0.3 is 0 Å². The first-order valence-corrected chi connectivity index (χ1v) is 8.27. The van der Waals surface area contributed by atoms with Gasteiger partial charge in [-0.15, -0.1) is 22.7 Å². The monoisotopic (exact) mass is 307 g/mol. The number of hydrogen-bond donors (Lipinski definition) is 1. The van der Waals surface area contributed by atoms with Gasteiger partial charge in [0.2, 0.25) is 0 Å². The van der Waals surface area contributed by atoms with Crippen LogP contribution in [0.3, 0.4) is 0 Å². The zero-order valence-electron chi connectivity index (χ0n) is 11.8. The summed E-state index contributed by atoms with van der Waals surface area (Å²) in [5.74, 6) is 0.00114. The van der Waals surface area contributed by atoms with Crippen LogP contribution in [0.25, 0.3) is 15.3 Å². The van der Waals surface area contributed by atoms with Gasteiger partial charge in [0.1, 0.15) is 4.83 Å². The molecule has 106 valence electrons. The third kappa shape index (κ3) is 2.58. The number of nitrogens with zero attached hydrogens (tertiary/aromatic N) is 2. The number of thiophene rings is 1. The predicted molar refractivity (Wildman–Crippen MR) is 84.9 cm³/mol. The molecule has 4 nitrogen and oxygen atoms in total. The summed E-state index contributed by atoms with van der Waals surface area (Å²) in [5, 5.41) is 4.99. The van der Waals surface area contributed by atoms with Gasteiger partial charge in [-0.05, 0) is 17.9 Å². The summed E-state index contributed by atoms with van der Waals surface area (Å²) in [6.45, 7) is 7.23. The highest BCUT2D eigenvalue weighted by molar-refractivity contribution is 7.21. The van der Waals surface area contributed by atoms with Gasteiger partial charge in [0, 0.05) is 18.1 Å². The molecular formula is C14H17N3OS2. The molecule has 20 heavy (non-hydrogen) atoms. The number of nitrogens with one attached hydrogen (secondary N) is 1. The van der Waals surface area contributed by atoms with Gasteiger partial charge in [-0.2, -0.15) is 0 Å². The highest BCUT2D eigenvalue weighted by Crippen LogP contribution is 2.28. The average Bonchev–Trinajstić information content (AvgIpc) is 2.96. The van der Waals surface area contributed by atoms with Crippen molar-refractivity contribution in [3.05, 3.63) is 22.5 Å². The van der Waals surface area contributed by atoms with Crippen molar-refractivity contribution < 1.29 is 4.79 Å². The summed E-state index contributed by atoms with van der Waals surface area (Å²) in [7, 11) is 0. The van der Waals surface area contributed by atoms with E-state index in [0.29, 0.717) is 6.54 Å². The van der Waals surface area contributed by atoms with Crippen molar-refractivity contribution in [2.24, 2.45) is 5.41 Å². The molecule has 0 unspecified atom stereocenters. The zero-order chi connectivity index (χ0) is 14.3. The van der Waals surface area contributed by atoms with Crippen molar-refractivity contribution in [1.29, 1.82) is 0 Å². The Kier molecular flexibility index (Phi) is 3.30. The lowest BCUT2D eigenvalue weighted by atomic mass is 9.92. The third-order valence-corrected chi connectivity index (χ3v) is 4.90. The Morgan fingerprint density at radius 1 is 1.45 bits per heavy atom. The second kappa shape index (κ2) is 4.86. The largest absolute Gasteiger partial charge is 0.351 e. The molecule has 0 spiro atoms. The molecular weight excluding hydrogens is 290 g/mol. The molecule has 3 aromatic heterocycles. The van der Waals surface area contributed by atoms with Crippen molar-refractivity contribution >= 4 is 43.9 Å². The second-order valence-electron chi connectivity index (χ2n) is 6.03. The molecule has 0 saturated heterocycles. The van der Waals surface area contributed by atoms with Crippen LogP contribution in [0.2, 0.25) is 0 Å². The van der Waals surface area contributed by atoms with E-state index in [1.165, 1.54) is 11.3 Å². The van der Waals surface area contributed by atoms with Gasteiger partial charge in [-0.25, -0.2) is 4.98 Å². The summed E-state index contributed by atoms with van der Waals surface area (Å²) in [6, 6.07) is 1.93. The number of carbonyl (C=O) groups excluding carboxylic acids is 1. The van der Waals surface area contributed by atoms with Crippen molar-refractivity contribution in [2.75, 3.05) is 6.54 Å². The van der Waals surface area contributed by atoms with E-state index in [0.717, 1.165) is 26.6 Å². The molecule has 0 aliphatic heterocycles. The maximum absolute atomic E-state index is 12.1. The van der Waals surface area contributed by atoms with Crippen LogP contribution in [-0.4, -0.2) is 21.8 Å². The fourth-order valence-corrected chi connectivity index (χ4v) is 3.71. The summed E-state index contributed by atoms with van der Waals surface area (Å²) in [5.41, 5.74) is 1.26. The number of hydrogen-bond acceptors (Lipinski definition) is 4. The van der Waals surface area contributed by atoms with E-state index in [1.54, 1.807) is 11.3 Å². The molecule has 0 fully saturated rings. The lowest BCUT2D eigenvalue weighted by Crippen LogP contribution is -2.26. The van der Waals surface area contributed by atoms with Gasteiger partial charge in [0.25, 0.3) is 5.91 Å². The summed E-state index contributed by atoms with van der Waals surface area (Å²) < 4.78 is 2.03. The normalized spacial score (nSPS) is 12.3. The Bertz CT molecular complexity index is 760. The Hall–Kier alpha value is -1.40. The Labute approximate surface area is 125 Å². The van der Waals surface area contributed by atoms with Gasteiger partial charge in [-0.1, -0.05) is 20.8 Å². The number of fused-ring (bicyclic) bond motifs is 3. The standard InChI is InChI=1S/C14H17N3OS2/c1-14(2,3)4-5-15-11(18)10-8-9-12(20-10)16-13-17(9)6-7-19-13/h6-8H,4-5H2,1-3H3,(H,15,18). The maximum Gasteiger partial charge on any atom is 0.261 e. The Morgan fingerprint density at radius 2 is 2.25 bits per heavy atom. The van der Waals surface area contributed by atoms with Crippen molar-refractivity contribution in [3.8, 4) is 0 Å². The molecule has 0 bridgehead atoms. The van der Waals surface area contributed by atoms with E-state index in [9.17, 15) is 4.79 Å². The van der Waals surface area contributed by atoms with Crippen molar-refractivity contribution in [2.45, 2.75) is 27.2 Å². The number of aromatic nitrogens is 2. The lowest BCUT2D eigenvalue weighted by Gasteiger charge is -2.17. The van der Waals surface area contributed by atoms with Crippen LogP contribution < -0.4 is 5.32 Å². The first-order chi connectivity index (χ1) is 9.44. The van der Waals surface area contributed by atoms with Gasteiger partial charge in [-0.3, -0.25) is 9.20 Å². The SMILES string of the molecule is CC(C)(C)CCNC(=O)c1cc2c(nc3sccn32)s1. The quantitative estimate of drug-likeness (QED) is 0.800. The molecule has 0 aromatic carbocycles. The van der Waals surface area contributed by atoms with Crippen LogP contribution in [0.4, 0.5) is 0 Å². The minimum absolute atomic E-state index is 0.00114. The molecule has 6 heteroatoms. The topological polar surface area (TPSA) is 46.4 Å². The molecule has 1 N–H and O–H groups in total. The molecule has 0 aliphatic rings. The van der Waals surface area contributed by atoms with Gasteiger partial charge in [0.05, 0.1) is 10.4 Å². The van der Waals surface area contributed by atoms with Gasteiger partial charge < -0.3 is 5.32 Å². The molecule has 3 aromatic rings. The maximum atomic E-state index is 12.1. The number of amides is 1. The van der Waals surface area contributed by atoms with E-state index in [-0.39, 0.29) is 11.3 Å². The Morgan fingerprint density at radius 3 is 3.00 bits per heavy atom. The number of imidazole rings is 1. The molecule has 0 aliphatic carbocycles. The summed E-state index contributed by atoms with van der Waals surface area (Å²) in [4.78, 5) is 19.3. The number of thiazole rings is 1. The van der Waals surface area contributed by atoms with Crippen LogP contribution in [-0.2, 0) is 0 Å². The van der Waals surface area contributed by atoms with E-state index in [4.69, 9.17) is 0 Å². The molecule has 0 atom stereocenters. The second-order valence-corrected chi connectivity index (χ2v) is 7.94. The first-order valence-electron chi connectivity index (χ1n) is 6.57. The third-order valence-electron chi connectivity index (χ3n) is 3.12. The van der Waals surface area contributed by atoms with Gasteiger partial charge in [0.15, 0.2) is 4.96 Å². The van der Waals surface area contributed by atoms with E-state index in [2.05, 4.69) is 31.1 Å². The molecule has 1 amide bonds. The summed E-state index contributed by atoms with van der Waals surface area (Å²) >= 11 is 3.06. The lowest BCUT2D eigenvalue weighted by molar-refractivity contribution is 0.0953. The molecule has 0 radical (unpaired) electrons. The fraction of sp³-hybridized carbons (Fsp3) is 0.429. The first kappa shape index (κ1) is 13.6. The van der Waals surface area contributed by atoms with Crippen LogP contribution >= 0.6 is 22.7 Å². The van der Waals surface area contributed by atoms with Crippen LogP contribution in [0.1, 0.15) is 36.9 Å². The average molecular weight is 307 g/mol. The molecule has 3 heterocycles.